The number of rotatable bonds is 4. The molecule has 0 spiro atoms. The summed E-state index contributed by atoms with van der Waals surface area (Å²) in [6.45, 7) is 0. The van der Waals surface area contributed by atoms with Gasteiger partial charge in [0.15, 0.2) is 5.11 Å². The molecule has 0 unspecified atom stereocenters. The largest absolute Gasteiger partial charge is 0.326 e. The first kappa shape index (κ1) is 22.9. The van der Waals surface area contributed by atoms with Crippen LogP contribution in [0.3, 0.4) is 0 Å². The zero-order valence-electron chi connectivity index (χ0n) is 16.7. The molecule has 9 heteroatoms. The number of benzene rings is 2. The molecule has 1 fully saturated rings. The van der Waals surface area contributed by atoms with Crippen LogP contribution in [0.25, 0.3) is 0 Å². The minimum atomic E-state index is -0.428. The van der Waals surface area contributed by atoms with Gasteiger partial charge in [0.1, 0.15) is 0 Å². The molecule has 0 atom stereocenters. The minimum Gasteiger partial charge on any atom is -0.326 e. The zero-order valence-corrected chi connectivity index (χ0v) is 19.1. The summed E-state index contributed by atoms with van der Waals surface area (Å²) in [5.41, 5.74) is 6.39. The van der Waals surface area contributed by atoms with Gasteiger partial charge in [0, 0.05) is 21.6 Å². The van der Waals surface area contributed by atoms with Crippen LogP contribution >= 0.6 is 28.1 Å². The van der Waals surface area contributed by atoms with Crippen molar-refractivity contribution in [2.45, 2.75) is 32.1 Å². The molecule has 162 valence electrons. The molecule has 0 aliphatic heterocycles. The first-order valence-electron chi connectivity index (χ1n) is 10.0. The lowest BCUT2D eigenvalue weighted by atomic mass is 9.88. The Balaban J connectivity index is 1.46. The summed E-state index contributed by atoms with van der Waals surface area (Å²) in [4.78, 5) is 36.8. The second-order valence-electron chi connectivity index (χ2n) is 7.24. The van der Waals surface area contributed by atoms with Gasteiger partial charge in [0.05, 0.1) is 5.56 Å². The van der Waals surface area contributed by atoms with E-state index in [1.807, 2.05) is 0 Å². The third-order valence-electron chi connectivity index (χ3n) is 5.03. The van der Waals surface area contributed by atoms with Gasteiger partial charge in [0.2, 0.25) is 5.91 Å². The van der Waals surface area contributed by atoms with E-state index in [-0.39, 0.29) is 16.9 Å². The van der Waals surface area contributed by atoms with E-state index < -0.39 is 11.8 Å². The van der Waals surface area contributed by atoms with Gasteiger partial charge in [-0.15, -0.1) is 0 Å². The van der Waals surface area contributed by atoms with E-state index in [9.17, 15) is 14.4 Å². The van der Waals surface area contributed by atoms with Gasteiger partial charge in [-0.3, -0.25) is 30.6 Å². The molecule has 2 aromatic carbocycles. The smallest absolute Gasteiger partial charge is 0.269 e. The van der Waals surface area contributed by atoms with Crippen molar-refractivity contribution in [1.82, 2.24) is 16.2 Å². The summed E-state index contributed by atoms with van der Waals surface area (Å²) in [5.74, 6) is -0.738. The maximum Gasteiger partial charge on any atom is 0.269 e. The van der Waals surface area contributed by atoms with Crippen LogP contribution in [-0.4, -0.2) is 22.8 Å². The first-order valence-corrected chi connectivity index (χ1v) is 11.2. The van der Waals surface area contributed by atoms with Crippen LogP contribution < -0.4 is 21.5 Å². The number of hydrazine groups is 1. The molecule has 0 heterocycles. The van der Waals surface area contributed by atoms with Crippen molar-refractivity contribution in [1.29, 1.82) is 0 Å². The van der Waals surface area contributed by atoms with Gasteiger partial charge in [-0.05, 0) is 77.4 Å². The number of halogens is 1. The number of hydrogen-bond acceptors (Lipinski definition) is 4. The third kappa shape index (κ3) is 6.60. The summed E-state index contributed by atoms with van der Waals surface area (Å²) < 4.78 is 0.634. The molecule has 0 radical (unpaired) electrons. The first-order chi connectivity index (χ1) is 14.9. The number of nitrogens with one attached hydrogen (secondary N) is 4. The quantitative estimate of drug-likeness (QED) is 0.375. The molecule has 7 nitrogen and oxygen atoms in total. The highest BCUT2D eigenvalue weighted by molar-refractivity contribution is 9.10. The molecule has 0 aromatic heterocycles. The van der Waals surface area contributed by atoms with E-state index in [0.29, 0.717) is 21.3 Å². The molecule has 31 heavy (non-hydrogen) atoms. The van der Waals surface area contributed by atoms with Crippen molar-refractivity contribution in [2.24, 2.45) is 5.92 Å². The summed E-state index contributed by atoms with van der Waals surface area (Å²) >= 11 is 8.35. The number of carbonyl (C=O) groups excluding carboxylic acids is 3. The standard InChI is InChI=1S/C22H23BrN4O3S/c23-18-9-5-4-8-17(18)21(30)25-22(31)27-26-20(29)15-10-12-16(13-11-15)24-19(28)14-6-2-1-3-7-14/h4-5,8-14H,1-3,6-7H2,(H,24,28)(H,26,29)(H2,25,27,30,31). The van der Waals surface area contributed by atoms with Crippen LogP contribution in [0.2, 0.25) is 0 Å². The van der Waals surface area contributed by atoms with E-state index in [2.05, 4.69) is 37.4 Å². The van der Waals surface area contributed by atoms with E-state index in [4.69, 9.17) is 12.2 Å². The van der Waals surface area contributed by atoms with E-state index in [0.717, 1.165) is 25.7 Å². The zero-order chi connectivity index (χ0) is 22.2. The summed E-state index contributed by atoms with van der Waals surface area (Å²) in [6, 6.07) is 13.5. The molecule has 1 aliphatic carbocycles. The summed E-state index contributed by atoms with van der Waals surface area (Å²) in [6.07, 6.45) is 5.23. The second-order valence-corrected chi connectivity index (χ2v) is 8.51. The monoisotopic (exact) mass is 502 g/mol. The van der Waals surface area contributed by atoms with E-state index in [1.54, 1.807) is 48.5 Å². The van der Waals surface area contributed by atoms with Gasteiger partial charge in [-0.25, -0.2) is 0 Å². The lowest BCUT2D eigenvalue weighted by Gasteiger charge is -2.20. The van der Waals surface area contributed by atoms with Gasteiger partial charge >= 0.3 is 0 Å². The third-order valence-corrected chi connectivity index (χ3v) is 5.92. The molecular weight excluding hydrogens is 480 g/mol. The van der Waals surface area contributed by atoms with Crippen molar-refractivity contribution < 1.29 is 14.4 Å². The minimum absolute atomic E-state index is 0.0321. The Morgan fingerprint density at radius 2 is 1.55 bits per heavy atom. The van der Waals surface area contributed by atoms with Crippen molar-refractivity contribution in [3.63, 3.8) is 0 Å². The number of carbonyl (C=O) groups is 3. The molecule has 0 saturated heterocycles. The Morgan fingerprint density at radius 1 is 0.871 bits per heavy atom. The molecular formula is C22H23BrN4O3S. The highest BCUT2D eigenvalue weighted by atomic mass is 79.9. The SMILES string of the molecule is O=C(NNC(=S)NC(=O)c1ccccc1Br)c1ccc(NC(=O)C2CCCCC2)cc1. The van der Waals surface area contributed by atoms with Crippen molar-refractivity contribution >= 4 is 56.7 Å². The Hall–Kier alpha value is -2.78. The predicted molar refractivity (Wildman–Crippen MR) is 126 cm³/mol. The predicted octanol–water partition coefficient (Wildman–Crippen LogP) is 3.92. The lowest BCUT2D eigenvalue weighted by Crippen LogP contribution is -2.48. The Kier molecular flexibility index (Phi) is 8.13. The fourth-order valence-corrected chi connectivity index (χ4v) is 3.96. The Bertz CT molecular complexity index is 975. The molecule has 3 rings (SSSR count). The molecule has 2 aromatic rings. The van der Waals surface area contributed by atoms with Crippen LogP contribution in [0.5, 0.6) is 0 Å². The van der Waals surface area contributed by atoms with Crippen LogP contribution in [0.15, 0.2) is 53.0 Å². The van der Waals surface area contributed by atoms with Crippen molar-refractivity contribution in [2.75, 3.05) is 5.32 Å². The maximum absolute atomic E-state index is 12.3. The molecule has 3 amide bonds. The van der Waals surface area contributed by atoms with Crippen LogP contribution in [0.1, 0.15) is 52.8 Å². The number of amides is 3. The van der Waals surface area contributed by atoms with Gasteiger partial charge < -0.3 is 5.32 Å². The lowest BCUT2D eigenvalue weighted by molar-refractivity contribution is -0.120. The summed E-state index contributed by atoms with van der Waals surface area (Å²) in [5, 5.41) is 5.37. The average molecular weight is 503 g/mol. The number of hydrogen-bond donors (Lipinski definition) is 4. The molecule has 4 N–H and O–H groups in total. The van der Waals surface area contributed by atoms with Gasteiger partial charge in [-0.2, -0.15) is 0 Å². The Morgan fingerprint density at radius 3 is 2.23 bits per heavy atom. The second kappa shape index (κ2) is 11.0. The topological polar surface area (TPSA) is 99.3 Å². The number of anilines is 1. The fourth-order valence-electron chi connectivity index (χ4n) is 3.35. The van der Waals surface area contributed by atoms with Crippen molar-refractivity contribution in [3.8, 4) is 0 Å². The maximum atomic E-state index is 12.3. The van der Waals surface area contributed by atoms with Crippen LogP contribution in [0.4, 0.5) is 5.69 Å². The summed E-state index contributed by atoms with van der Waals surface area (Å²) in [7, 11) is 0. The molecule has 1 saturated carbocycles. The van der Waals surface area contributed by atoms with E-state index >= 15 is 0 Å². The Labute approximate surface area is 194 Å². The van der Waals surface area contributed by atoms with Crippen LogP contribution in [0, 0.1) is 5.92 Å². The average Bonchev–Trinajstić information content (AvgIpc) is 2.78. The highest BCUT2D eigenvalue weighted by Gasteiger charge is 2.21. The van der Waals surface area contributed by atoms with Gasteiger partial charge in [-0.1, -0.05) is 31.4 Å². The normalized spacial score (nSPS) is 13.7. The van der Waals surface area contributed by atoms with E-state index in [1.165, 1.54) is 6.42 Å². The molecule has 1 aliphatic rings. The highest BCUT2D eigenvalue weighted by Crippen LogP contribution is 2.25. The fraction of sp³-hybridized carbons (Fsp3) is 0.273. The molecule has 0 bridgehead atoms. The van der Waals surface area contributed by atoms with Gasteiger partial charge in [0.25, 0.3) is 11.8 Å². The van der Waals surface area contributed by atoms with Crippen molar-refractivity contribution in [3.05, 3.63) is 64.1 Å². The van der Waals surface area contributed by atoms with Crippen LogP contribution in [-0.2, 0) is 4.79 Å². The number of thiocarbonyl (C=S) groups is 1.